The molecule has 2 aromatic rings. The number of carbonyl (C=O) groups excluding carboxylic acids is 1. The molecule has 3 heterocycles. The molecule has 1 aromatic heterocycles. The third kappa shape index (κ3) is 5.23. The van der Waals surface area contributed by atoms with Gasteiger partial charge in [0.25, 0.3) is 0 Å². The maximum atomic E-state index is 12.3. The number of hydrogen-bond donors (Lipinski definition) is 3. The highest BCUT2D eigenvalue weighted by molar-refractivity contribution is 6.03. The van der Waals surface area contributed by atoms with Crippen molar-refractivity contribution in [2.75, 3.05) is 54.6 Å². The van der Waals surface area contributed by atoms with E-state index in [-0.39, 0.29) is 24.3 Å². The second-order valence-corrected chi connectivity index (χ2v) is 8.34. The van der Waals surface area contributed by atoms with Crippen LogP contribution in [0.25, 0.3) is 0 Å². The van der Waals surface area contributed by atoms with Crippen LogP contribution in [0.5, 0.6) is 0 Å². The maximum Gasteiger partial charge on any atom is 0.244 e. The molecular weight excluding hydrogens is 394 g/mol. The van der Waals surface area contributed by atoms with Crippen LogP contribution in [-0.2, 0) is 22.6 Å². The molecular formula is C22H31N7O2. The van der Waals surface area contributed by atoms with Gasteiger partial charge < -0.3 is 26.0 Å². The van der Waals surface area contributed by atoms with Crippen molar-refractivity contribution in [3.05, 3.63) is 35.4 Å². The molecule has 0 aliphatic carbocycles. The van der Waals surface area contributed by atoms with Crippen molar-refractivity contribution in [1.82, 2.24) is 14.9 Å². The molecule has 0 saturated carbocycles. The topological polar surface area (TPSA) is 109 Å². The van der Waals surface area contributed by atoms with E-state index in [0.29, 0.717) is 30.6 Å². The number of benzene rings is 1. The Morgan fingerprint density at radius 2 is 1.97 bits per heavy atom. The van der Waals surface area contributed by atoms with Gasteiger partial charge in [-0.2, -0.15) is 9.97 Å². The van der Waals surface area contributed by atoms with E-state index >= 15 is 0 Å². The first-order valence-electron chi connectivity index (χ1n) is 10.8. The molecule has 9 heteroatoms. The van der Waals surface area contributed by atoms with Crippen molar-refractivity contribution in [3.63, 3.8) is 0 Å². The number of nitrogens with zero attached hydrogens (tertiary/aromatic N) is 4. The van der Waals surface area contributed by atoms with Gasteiger partial charge in [0.15, 0.2) is 11.6 Å². The average Bonchev–Trinajstić information content (AvgIpc) is 3.22. The lowest BCUT2D eigenvalue weighted by Gasteiger charge is -2.31. The van der Waals surface area contributed by atoms with Crippen LogP contribution in [0.3, 0.4) is 0 Å². The Balaban J connectivity index is 1.55. The number of likely N-dealkylation sites (tertiary alicyclic amines) is 1. The third-order valence-corrected chi connectivity index (χ3v) is 5.58. The first-order chi connectivity index (χ1) is 15.0. The smallest absolute Gasteiger partial charge is 0.244 e. The van der Waals surface area contributed by atoms with Crippen molar-refractivity contribution in [2.45, 2.75) is 38.9 Å². The standard InChI is InChI=1S/C22H31N7O2/c1-15(14-31-2)24-22-26-20(23)19-21(27-22)29(13-18(30)25-19)12-17-7-5-6-16(10-17)11-28-8-3-4-9-28/h5-7,10,15H,3-4,8-9,11-14H2,1-2H3,(H,25,30)(H3,23,24,26,27)/t15-/m0/s1. The van der Waals surface area contributed by atoms with Crippen LogP contribution in [0, 0.1) is 0 Å². The van der Waals surface area contributed by atoms with Gasteiger partial charge in [-0.3, -0.25) is 9.69 Å². The number of fused-ring (bicyclic) bond motifs is 1. The number of rotatable bonds is 8. The van der Waals surface area contributed by atoms with Crippen LogP contribution >= 0.6 is 0 Å². The molecule has 0 unspecified atom stereocenters. The summed E-state index contributed by atoms with van der Waals surface area (Å²) in [6.07, 6.45) is 2.56. The molecule has 1 aromatic carbocycles. The van der Waals surface area contributed by atoms with E-state index in [9.17, 15) is 4.79 Å². The number of anilines is 4. The van der Waals surface area contributed by atoms with Crippen LogP contribution in [-0.4, -0.2) is 60.2 Å². The molecule has 4 rings (SSSR count). The Bertz CT molecular complexity index is 930. The van der Waals surface area contributed by atoms with Gasteiger partial charge in [-0.25, -0.2) is 0 Å². The minimum Gasteiger partial charge on any atom is -0.383 e. The van der Waals surface area contributed by atoms with Crippen molar-refractivity contribution < 1.29 is 9.53 Å². The number of amides is 1. The third-order valence-electron chi connectivity index (χ3n) is 5.58. The molecule has 0 bridgehead atoms. The predicted molar refractivity (Wildman–Crippen MR) is 122 cm³/mol. The maximum absolute atomic E-state index is 12.3. The number of carbonyl (C=O) groups is 1. The number of methoxy groups -OCH3 is 1. The van der Waals surface area contributed by atoms with E-state index in [0.717, 1.165) is 25.2 Å². The number of aromatic nitrogens is 2. The summed E-state index contributed by atoms with van der Waals surface area (Å²) in [5, 5.41) is 6.03. The van der Waals surface area contributed by atoms with Gasteiger partial charge in [0.05, 0.1) is 13.2 Å². The zero-order valence-corrected chi connectivity index (χ0v) is 18.2. The molecule has 1 saturated heterocycles. The Labute approximate surface area is 183 Å². The molecule has 166 valence electrons. The van der Waals surface area contributed by atoms with Gasteiger partial charge in [-0.05, 0) is 44.0 Å². The predicted octanol–water partition coefficient (Wildman–Crippen LogP) is 2.06. The lowest BCUT2D eigenvalue weighted by Crippen LogP contribution is -2.39. The summed E-state index contributed by atoms with van der Waals surface area (Å²) in [6, 6.07) is 8.58. The van der Waals surface area contributed by atoms with E-state index < -0.39 is 0 Å². The summed E-state index contributed by atoms with van der Waals surface area (Å²) in [5.41, 5.74) is 9.05. The zero-order valence-electron chi connectivity index (χ0n) is 18.2. The summed E-state index contributed by atoms with van der Waals surface area (Å²) in [7, 11) is 1.65. The van der Waals surface area contributed by atoms with E-state index in [1.54, 1.807) is 7.11 Å². The number of hydrogen-bond acceptors (Lipinski definition) is 8. The van der Waals surface area contributed by atoms with E-state index in [1.165, 1.54) is 18.4 Å². The first-order valence-corrected chi connectivity index (χ1v) is 10.8. The van der Waals surface area contributed by atoms with E-state index in [4.69, 9.17) is 10.5 Å². The summed E-state index contributed by atoms with van der Waals surface area (Å²) < 4.78 is 5.17. The summed E-state index contributed by atoms with van der Waals surface area (Å²) >= 11 is 0. The fraction of sp³-hybridized carbons (Fsp3) is 0.500. The molecule has 2 aliphatic heterocycles. The molecule has 1 amide bonds. The molecule has 9 nitrogen and oxygen atoms in total. The van der Waals surface area contributed by atoms with Crippen molar-refractivity contribution in [1.29, 1.82) is 0 Å². The SMILES string of the molecule is COC[C@H](C)Nc1nc(N)c2c(n1)N(Cc1cccc(CN3CCCC3)c1)CC(=O)N2. The minimum absolute atomic E-state index is 0.0244. The van der Waals surface area contributed by atoms with Crippen molar-refractivity contribution in [3.8, 4) is 0 Å². The van der Waals surface area contributed by atoms with Gasteiger partial charge in [0.2, 0.25) is 11.9 Å². The highest BCUT2D eigenvalue weighted by atomic mass is 16.5. The first kappa shape index (κ1) is 21.3. The van der Waals surface area contributed by atoms with Crippen LogP contribution < -0.4 is 21.3 Å². The van der Waals surface area contributed by atoms with Gasteiger partial charge in [-0.15, -0.1) is 0 Å². The Kier molecular flexibility index (Phi) is 6.53. The van der Waals surface area contributed by atoms with Gasteiger partial charge in [-0.1, -0.05) is 24.3 Å². The van der Waals surface area contributed by atoms with Crippen LogP contribution in [0.4, 0.5) is 23.3 Å². The van der Waals surface area contributed by atoms with Gasteiger partial charge in [0, 0.05) is 26.2 Å². The number of ether oxygens (including phenoxy) is 1. The summed E-state index contributed by atoms with van der Waals surface area (Å²) in [4.78, 5) is 25.7. The highest BCUT2D eigenvalue weighted by Crippen LogP contribution is 2.34. The summed E-state index contributed by atoms with van der Waals surface area (Å²) in [6.45, 7) is 6.57. The zero-order chi connectivity index (χ0) is 21.8. The lowest BCUT2D eigenvalue weighted by atomic mass is 10.1. The van der Waals surface area contributed by atoms with Crippen LogP contribution in [0.15, 0.2) is 24.3 Å². The second-order valence-electron chi connectivity index (χ2n) is 8.34. The molecule has 0 radical (unpaired) electrons. The van der Waals surface area contributed by atoms with Crippen LogP contribution in [0.1, 0.15) is 30.9 Å². The largest absolute Gasteiger partial charge is 0.383 e. The molecule has 0 spiro atoms. The Hall–Kier alpha value is -2.91. The molecule has 2 aliphatic rings. The fourth-order valence-electron chi connectivity index (χ4n) is 4.19. The highest BCUT2D eigenvalue weighted by Gasteiger charge is 2.27. The second kappa shape index (κ2) is 9.49. The van der Waals surface area contributed by atoms with E-state index in [2.05, 4.69) is 49.8 Å². The normalized spacial score (nSPS) is 17.4. The Morgan fingerprint density at radius 1 is 1.23 bits per heavy atom. The van der Waals surface area contributed by atoms with Crippen molar-refractivity contribution >= 4 is 29.2 Å². The summed E-state index contributed by atoms with van der Waals surface area (Å²) in [5.74, 6) is 1.18. The minimum atomic E-state index is -0.121. The number of nitrogens with two attached hydrogens (primary N) is 1. The quantitative estimate of drug-likeness (QED) is 0.590. The van der Waals surface area contributed by atoms with E-state index in [1.807, 2.05) is 11.8 Å². The van der Waals surface area contributed by atoms with Gasteiger partial charge >= 0.3 is 0 Å². The molecule has 31 heavy (non-hydrogen) atoms. The fourth-order valence-corrected chi connectivity index (χ4v) is 4.19. The van der Waals surface area contributed by atoms with Crippen molar-refractivity contribution in [2.24, 2.45) is 0 Å². The van der Waals surface area contributed by atoms with Crippen LogP contribution in [0.2, 0.25) is 0 Å². The monoisotopic (exact) mass is 425 g/mol. The Morgan fingerprint density at radius 3 is 2.71 bits per heavy atom. The molecule has 1 atom stereocenters. The number of nitrogens with one attached hydrogen (secondary N) is 2. The molecule has 1 fully saturated rings. The molecule has 4 N–H and O–H groups in total. The number of nitrogen functional groups attached to an aromatic ring is 1. The van der Waals surface area contributed by atoms with Gasteiger partial charge in [0.1, 0.15) is 5.69 Å². The average molecular weight is 426 g/mol. The lowest BCUT2D eigenvalue weighted by molar-refractivity contribution is -0.115.